The fourth-order valence-corrected chi connectivity index (χ4v) is 2.94. The van der Waals surface area contributed by atoms with E-state index < -0.39 is 0 Å². The molecule has 0 unspecified atom stereocenters. The van der Waals surface area contributed by atoms with Gasteiger partial charge in [-0.2, -0.15) is 0 Å². The van der Waals surface area contributed by atoms with Crippen LogP contribution in [0.4, 0.5) is 0 Å². The van der Waals surface area contributed by atoms with Gasteiger partial charge in [0.1, 0.15) is 10.8 Å². The number of carbonyl (C=O) groups is 1. The van der Waals surface area contributed by atoms with Gasteiger partial charge in [0.05, 0.1) is 6.04 Å². The lowest BCUT2D eigenvalue weighted by molar-refractivity contribution is -0.134. The van der Waals surface area contributed by atoms with Crippen molar-refractivity contribution < 1.29 is 9.53 Å². The van der Waals surface area contributed by atoms with Gasteiger partial charge >= 0.3 is 0 Å². The summed E-state index contributed by atoms with van der Waals surface area (Å²) in [5.74, 6) is 0.756. The molecule has 0 saturated carbocycles. The van der Waals surface area contributed by atoms with Gasteiger partial charge in [0.15, 0.2) is 6.61 Å². The number of nitrogens with zero attached hydrogens (tertiary/aromatic N) is 2. The molecule has 0 fully saturated rings. The van der Waals surface area contributed by atoms with E-state index in [-0.39, 0.29) is 18.6 Å². The van der Waals surface area contributed by atoms with Crippen LogP contribution in [0.1, 0.15) is 34.7 Å². The maximum Gasteiger partial charge on any atom is 0.260 e. The molecule has 0 bridgehead atoms. The summed E-state index contributed by atoms with van der Waals surface area (Å²) in [6.45, 7) is 8.07. The minimum atomic E-state index is -0.0528. The van der Waals surface area contributed by atoms with Gasteiger partial charge < -0.3 is 9.64 Å². The molecule has 0 spiro atoms. The predicted octanol–water partition coefficient (Wildman–Crippen LogP) is 3.67. The fourth-order valence-electron chi connectivity index (χ4n) is 2.21. The van der Waals surface area contributed by atoms with Gasteiger partial charge in [-0.25, -0.2) is 4.98 Å². The van der Waals surface area contributed by atoms with Gasteiger partial charge in [-0.3, -0.25) is 4.79 Å². The van der Waals surface area contributed by atoms with Crippen molar-refractivity contribution in [2.24, 2.45) is 0 Å². The van der Waals surface area contributed by atoms with Gasteiger partial charge in [-0.05, 0) is 44.4 Å². The molecule has 1 aromatic carbocycles. The first-order chi connectivity index (χ1) is 10.4. The van der Waals surface area contributed by atoms with Crippen molar-refractivity contribution in [2.75, 3.05) is 13.7 Å². The molecule has 4 nitrogen and oxygen atoms in total. The highest BCUT2D eigenvalue weighted by molar-refractivity contribution is 7.09. The number of rotatable bonds is 5. The van der Waals surface area contributed by atoms with Crippen molar-refractivity contribution in [3.63, 3.8) is 0 Å². The third-order valence-electron chi connectivity index (χ3n) is 4.00. The Hall–Kier alpha value is -1.88. The van der Waals surface area contributed by atoms with E-state index in [0.717, 1.165) is 27.4 Å². The van der Waals surface area contributed by atoms with Crippen LogP contribution in [-0.2, 0) is 4.79 Å². The number of amides is 1. The van der Waals surface area contributed by atoms with E-state index in [9.17, 15) is 4.79 Å². The van der Waals surface area contributed by atoms with Crippen molar-refractivity contribution in [2.45, 2.75) is 33.7 Å². The third-order valence-corrected chi connectivity index (χ3v) is 4.94. The SMILES string of the molecule is Cc1ccc(C)c(OCC(=O)N(C)[C@H](C)c2nccs2)c1C. The molecule has 1 amide bonds. The van der Waals surface area contributed by atoms with E-state index in [0.29, 0.717) is 0 Å². The molecule has 1 aromatic heterocycles. The lowest BCUT2D eigenvalue weighted by Gasteiger charge is -2.24. The van der Waals surface area contributed by atoms with E-state index in [4.69, 9.17) is 4.74 Å². The summed E-state index contributed by atoms with van der Waals surface area (Å²) < 4.78 is 5.79. The number of likely N-dealkylation sites (N-methyl/N-ethyl adjacent to an activating group) is 1. The summed E-state index contributed by atoms with van der Waals surface area (Å²) in [6, 6.07) is 4.04. The summed E-state index contributed by atoms with van der Waals surface area (Å²) in [5.41, 5.74) is 3.30. The molecule has 2 rings (SSSR count). The topological polar surface area (TPSA) is 42.4 Å². The van der Waals surface area contributed by atoms with Gasteiger partial charge in [-0.15, -0.1) is 11.3 Å². The Morgan fingerprint density at radius 2 is 2.00 bits per heavy atom. The van der Waals surface area contributed by atoms with Gasteiger partial charge in [0.25, 0.3) is 5.91 Å². The third kappa shape index (κ3) is 3.47. The van der Waals surface area contributed by atoms with Gasteiger partial charge in [0.2, 0.25) is 0 Å². The average Bonchev–Trinajstić information content (AvgIpc) is 3.03. The van der Waals surface area contributed by atoms with Crippen LogP contribution in [0.25, 0.3) is 0 Å². The molecule has 22 heavy (non-hydrogen) atoms. The maximum atomic E-state index is 12.3. The summed E-state index contributed by atoms with van der Waals surface area (Å²) in [4.78, 5) is 18.3. The number of hydrogen-bond donors (Lipinski definition) is 0. The maximum absolute atomic E-state index is 12.3. The van der Waals surface area contributed by atoms with Crippen LogP contribution in [0.2, 0.25) is 0 Å². The van der Waals surface area contributed by atoms with E-state index >= 15 is 0 Å². The summed E-state index contributed by atoms with van der Waals surface area (Å²) in [7, 11) is 1.79. The minimum Gasteiger partial charge on any atom is -0.483 e. The van der Waals surface area contributed by atoms with Gasteiger partial charge in [-0.1, -0.05) is 12.1 Å². The normalized spacial score (nSPS) is 12.0. The van der Waals surface area contributed by atoms with Crippen LogP contribution >= 0.6 is 11.3 Å². The number of benzene rings is 1. The second-order valence-electron chi connectivity index (χ2n) is 5.49. The molecule has 0 aliphatic rings. The van der Waals surface area contributed by atoms with E-state index in [1.54, 1.807) is 29.5 Å². The molecule has 1 heterocycles. The molecule has 0 radical (unpaired) electrons. The Morgan fingerprint density at radius 3 is 2.64 bits per heavy atom. The Kier molecular flexibility index (Phi) is 5.19. The molecule has 118 valence electrons. The van der Waals surface area contributed by atoms with Crippen molar-refractivity contribution >= 4 is 17.2 Å². The van der Waals surface area contributed by atoms with Crippen LogP contribution in [0, 0.1) is 20.8 Å². The van der Waals surface area contributed by atoms with Crippen LogP contribution in [0.15, 0.2) is 23.7 Å². The average molecular weight is 318 g/mol. The molecular weight excluding hydrogens is 296 g/mol. The minimum absolute atomic E-state index is 0.0390. The van der Waals surface area contributed by atoms with Crippen molar-refractivity contribution in [3.05, 3.63) is 45.4 Å². The Morgan fingerprint density at radius 1 is 1.32 bits per heavy atom. The Labute approximate surface area is 135 Å². The van der Waals surface area contributed by atoms with Crippen LogP contribution in [-0.4, -0.2) is 29.4 Å². The highest BCUT2D eigenvalue weighted by atomic mass is 32.1. The zero-order valence-electron chi connectivity index (χ0n) is 13.7. The fraction of sp³-hybridized carbons (Fsp3) is 0.412. The van der Waals surface area contributed by atoms with Crippen LogP contribution < -0.4 is 4.74 Å². The number of carbonyl (C=O) groups excluding carboxylic acids is 1. The second kappa shape index (κ2) is 6.92. The summed E-state index contributed by atoms with van der Waals surface area (Å²) in [6.07, 6.45) is 1.75. The Balaban J connectivity index is 2.03. The first kappa shape index (κ1) is 16.5. The number of ether oxygens (including phenoxy) is 1. The second-order valence-corrected chi connectivity index (χ2v) is 6.42. The number of thiazole rings is 1. The van der Waals surface area contributed by atoms with E-state index in [1.165, 1.54) is 0 Å². The molecule has 2 aromatic rings. The molecule has 1 atom stereocenters. The smallest absolute Gasteiger partial charge is 0.260 e. The summed E-state index contributed by atoms with van der Waals surface area (Å²) >= 11 is 1.55. The van der Waals surface area contributed by atoms with Crippen molar-refractivity contribution in [1.29, 1.82) is 0 Å². The molecule has 0 aliphatic heterocycles. The lowest BCUT2D eigenvalue weighted by Crippen LogP contribution is -2.33. The largest absolute Gasteiger partial charge is 0.483 e. The van der Waals surface area contributed by atoms with Gasteiger partial charge in [0, 0.05) is 18.6 Å². The molecule has 5 heteroatoms. The van der Waals surface area contributed by atoms with E-state index in [2.05, 4.69) is 11.1 Å². The highest BCUT2D eigenvalue weighted by Gasteiger charge is 2.20. The number of aryl methyl sites for hydroxylation is 2. The van der Waals surface area contributed by atoms with Crippen molar-refractivity contribution in [1.82, 2.24) is 9.88 Å². The summed E-state index contributed by atoms with van der Waals surface area (Å²) in [5, 5.41) is 2.85. The monoisotopic (exact) mass is 318 g/mol. The first-order valence-electron chi connectivity index (χ1n) is 7.26. The van der Waals surface area contributed by atoms with Crippen molar-refractivity contribution in [3.8, 4) is 5.75 Å². The molecular formula is C17H22N2O2S. The molecule has 0 saturated heterocycles. The lowest BCUT2D eigenvalue weighted by atomic mass is 10.1. The molecule has 0 aliphatic carbocycles. The Bertz CT molecular complexity index is 653. The zero-order valence-corrected chi connectivity index (χ0v) is 14.5. The van der Waals surface area contributed by atoms with Crippen LogP contribution in [0.3, 0.4) is 0 Å². The first-order valence-corrected chi connectivity index (χ1v) is 8.14. The number of aromatic nitrogens is 1. The van der Waals surface area contributed by atoms with Crippen LogP contribution in [0.5, 0.6) is 5.75 Å². The predicted molar refractivity (Wildman–Crippen MR) is 89.4 cm³/mol. The highest BCUT2D eigenvalue weighted by Crippen LogP contribution is 2.26. The zero-order chi connectivity index (χ0) is 16.3. The quantitative estimate of drug-likeness (QED) is 0.845. The van der Waals surface area contributed by atoms with E-state index in [1.807, 2.05) is 39.1 Å². The number of hydrogen-bond acceptors (Lipinski definition) is 4. The molecule has 0 N–H and O–H groups in total. The standard InChI is InChI=1S/C17H22N2O2S/c1-11-6-7-12(2)16(13(11)3)21-10-15(20)19(5)14(4)17-18-8-9-22-17/h6-9,14H,10H2,1-5H3/t14-/m1/s1.